The van der Waals surface area contributed by atoms with Crippen molar-refractivity contribution in [3.8, 4) is 10.4 Å². The summed E-state index contributed by atoms with van der Waals surface area (Å²) in [5, 5.41) is 4.16. The Morgan fingerprint density at radius 1 is 1.21 bits per heavy atom. The number of amides is 2. The molecule has 3 rings (SSSR count). The Hall–Kier alpha value is -3.05. The molecule has 0 fully saturated rings. The zero-order chi connectivity index (χ0) is 21.0. The van der Waals surface area contributed by atoms with Gasteiger partial charge in [0.25, 0.3) is 0 Å². The summed E-state index contributed by atoms with van der Waals surface area (Å²) in [5.74, 6) is 0. The van der Waals surface area contributed by atoms with E-state index in [2.05, 4.69) is 35.8 Å². The lowest BCUT2D eigenvalue weighted by molar-refractivity contribution is 0.217. The highest BCUT2D eigenvalue weighted by Crippen LogP contribution is 2.39. The van der Waals surface area contributed by atoms with Crippen molar-refractivity contribution in [2.45, 2.75) is 0 Å². The quantitative estimate of drug-likeness (QED) is 0.449. The molecule has 1 aromatic heterocycles. The van der Waals surface area contributed by atoms with Crippen molar-refractivity contribution < 1.29 is 4.79 Å². The van der Waals surface area contributed by atoms with E-state index in [1.54, 1.807) is 29.4 Å². The molecule has 6 heteroatoms. The second kappa shape index (κ2) is 8.97. The molecule has 5 nitrogen and oxygen atoms in total. The number of carbonyl (C=O) groups excluding carboxylic acids is 1. The summed E-state index contributed by atoms with van der Waals surface area (Å²) in [7, 11) is 5.75. The lowest BCUT2D eigenvalue weighted by atomic mass is 10.0. The van der Waals surface area contributed by atoms with Crippen LogP contribution in [0.5, 0.6) is 0 Å². The molecule has 0 saturated carbocycles. The van der Waals surface area contributed by atoms with Gasteiger partial charge in [0.1, 0.15) is 0 Å². The Kier molecular flexibility index (Phi) is 6.39. The van der Waals surface area contributed by atoms with Crippen LogP contribution in [0.2, 0.25) is 0 Å². The molecule has 1 heterocycles. The Labute approximate surface area is 175 Å². The monoisotopic (exact) mass is 406 g/mol. The number of fused-ring (bicyclic) bond motifs is 1. The van der Waals surface area contributed by atoms with Gasteiger partial charge in [-0.1, -0.05) is 24.8 Å². The maximum Gasteiger partial charge on any atom is 0.321 e. The van der Waals surface area contributed by atoms with Crippen molar-refractivity contribution in [3.05, 3.63) is 60.3 Å². The first-order valence-corrected chi connectivity index (χ1v) is 10.2. The van der Waals surface area contributed by atoms with Crippen LogP contribution in [0.4, 0.5) is 16.2 Å². The summed E-state index contributed by atoms with van der Waals surface area (Å²) in [6.45, 7) is 5.09. The highest BCUT2D eigenvalue weighted by molar-refractivity contribution is 7.22. The third-order valence-corrected chi connectivity index (χ3v) is 5.79. The van der Waals surface area contributed by atoms with Crippen molar-refractivity contribution in [1.82, 2.24) is 9.80 Å². The van der Waals surface area contributed by atoms with E-state index in [1.165, 1.54) is 10.1 Å². The fourth-order valence-corrected chi connectivity index (χ4v) is 4.06. The van der Waals surface area contributed by atoms with Crippen molar-refractivity contribution in [2.75, 3.05) is 45.3 Å². The summed E-state index contributed by atoms with van der Waals surface area (Å²) in [6.07, 6.45) is 1.73. The summed E-state index contributed by atoms with van der Waals surface area (Å²) < 4.78 is 1.19. The molecule has 0 saturated heterocycles. The largest absolute Gasteiger partial charge is 0.398 e. The van der Waals surface area contributed by atoms with E-state index in [0.29, 0.717) is 17.9 Å². The molecule has 0 radical (unpaired) electrons. The molecule has 0 aliphatic rings. The van der Waals surface area contributed by atoms with Gasteiger partial charge in [-0.05, 0) is 49.8 Å². The van der Waals surface area contributed by atoms with Gasteiger partial charge in [-0.2, -0.15) is 0 Å². The lowest BCUT2D eigenvalue weighted by Crippen LogP contribution is -2.36. The van der Waals surface area contributed by atoms with Crippen LogP contribution in [0.25, 0.3) is 26.6 Å². The van der Waals surface area contributed by atoms with Crippen LogP contribution < -0.4 is 11.1 Å². The molecule has 2 amide bonds. The number of nitrogen functional groups attached to an aromatic ring is 1. The number of nitrogens with zero attached hydrogens (tertiary/aromatic N) is 2. The maximum absolute atomic E-state index is 12.6. The molecular weight excluding hydrogens is 380 g/mol. The van der Waals surface area contributed by atoms with Gasteiger partial charge in [0, 0.05) is 52.2 Å². The second-order valence-corrected chi connectivity index (χ2v) is 8.26. The highest BCUT2D eigenvalue weighted by Gasteiger charge is 2.15. The molecule has 0 aliphatic heterocycles. The summed E-state index contributed by atoms with van der Waals surface area (Å²) in [5.41, 5.74) is 12.2. The molecule has 3 aromatic rings. The maximum atomic E-state index is 12.6. The topological polar surface area (TPSA) is 61.6 Å². The van der Waals surface area contributed by atoms with Crippen LogP contribution in [-0.2, 0) is 0 Å². The van der Waals surface area contributed by atoms with Crippen LogP contribution in [0.3, 0.4) is 0 Å². The average Bonchev–Trinajstić information content (AvgIpc) is 3.12. The summed E-state index contributed by atoms with van der Waals surface area (Å²) in [6, 6.07) is 14.0. The number of rotatable bonds is 6. The number of nitrogens with two attached hydrogens (primary N) is 1. The van der Waals surface area contributed by atoms with Crippen molar-refractivity contribution in [2.24, 2.45) is 0 Å². The number of hydrogen-bond donors (Lipinski definition) is 2. The van der Waals surface area contributed by atoms with Crippen molar-refractivity contribution in [3.63, 3.8) is 0 Å². The molecule has 29 heavy (non-hydrogen) atoms. The molecule has 0 spiro atoms. The molecule has 0 aliphatic carbocycles. The van der Waals surface area contributed by atoms with E-state index in [4.69, 9.17) is 5.73 Å². The first-order chi connectivity index (χ1) is 13.9. The minimum atomic E-state index is -0.160. The number of likely N-dealkylation sites (N-methyl/N-ethyl adjacent to an activating group) is 2. The predicted molar refractivity (Wildman–Crippen MR) is 125 cm³/mol. The fourth-order valence-electron chi connectivity index (χ4n) is 2.97. The van der Waals surface area contributed by atoms with Gasteiger partial charge in [-0.3, -0.25) is 0 Å². The summed E-state index contributed by atoms with van der Waals surface area (Å²) in [4.78, 5) is 17.4. The number of urea groups is 1. The molecule has 3 N–H and O–H groups in total. The zero-order valence-electron chi connectivity index (χ0n) is 17.0. The van der Waals surface area contributed by atoms with Gasteiger partial charge >= 0.3 is 6.03 Å². The molecule has 0 atom stereocenters. The van der Waals surface area contributed by atoms with Crippen LogP contribution in [0, 0.1) is 0 Å². The van der Waals surface area contributed by atoms with Crippen LogP contribution in [-0.4, -0.2) is 50.1 Å². The number of hydrogen-bond acceptors (Lipinski definition) is 4. The average molecular weight is 407 g/mol. The van der Waals surface area contributed by atoms with Gasteiger partial charge in [-0.15, -0.1) is 17.1 Å². The van der Waals surface area contributed by atoms with Crippen LogP contribution >= 0.6 is 11.3 Å². The fraction of sp³-hybridized carbons (Fsp3) is 0.217. The third kappa shape index (κ3) is 4.87. The summed E-state index contributed by atoms with van der Waals surface area (Å²) >= 11 is 1.68. The first-order valence-electron chi connectivity index (χ1n) is 9.34. The van der Waals surface area contributed by atoms with Crippen molar-refractivity contribution in [1.29, 1.82) is 0 Å². The van der Waals surface area contributed by atoms with Gasteiger partial charge in [-0.25, -0.2) is 4.79 Å². The number of anilines is 2. The number of carbonyl (C=O) groups is 1. The number of thiophene rings is 1. The first kappa shape index (κ1) is 20.7. The normalized spacial score (nSPS) is 10.8. The van der Waals surface area contributed by atoms with Gasteiger partial charge in [0.05, 0.1) is 0 Å². The Morgan fingerprint density at radius 3 is 2.66 bits per heavy atom. The minimum Gasteiger partial charge on any atom is -0.398 e. The van der Waals surface area contributed by atoms with Gasteiger partial charge in [0.15, 0.2) is 0 Å². The Balaban J connectivity index is 1.96. The molecule has 0 unspecified atom stereocenters. The zero-order valence-corrected chi connectivity index (χ0v) is 17.8. The van der Waals surface area contributed by atoms with Gasteiger partial charge in [0.2, 0.25) is 0 Å². The van der Waals surface area contributed by atoms with Gasteiger partial charge < -0.3 is 20.9 Å². The van der Waals surface area contributed by atoms with Crippen LogP contribution in [0.15, 0.2) is 54.8 Å². The SMILES string of the molecule is C=C=Cc1cc(NC(=O)N(C)CCN(C)C)cc(-c2cc3ccccc3s2)c1N. The van der Waals surface area contributed by atoms with E-state index in [9.17, 15) is 4.79 Å². The molecule has 2 aromatic carbocycles. The van der Waals surface area contributed by atoms with Crippen molar-refractivity contribution >= 4 is 44.9 Å². The van der Waals surface area contributed by atoms with E-state index in [-0.39, 0.29) is 6.03 Å². The molecular formula is C23H26N4OS. The minimum absolute atomic E-state index is 0.160. The second-order valence-electron chi connectivity index (χ2n) is 7.18. The number of benzene rings is 2. The number of nitrogens with one attached hydrogen (secondary N) is 1. The van der Waals surface area contributed by atoms with Crippen LogP contribution in [0.1, 0.15) is 5.56 Å². The Bertz CT molecular complexity index is 1050. The van der Waals surface area contributed by atoms with E-state index >= 15 is 0 Å². The van der Waals surface area contributed by atoms with E-state index < -0.39 is 0 Å². The highest BCUT2D eigenvalue weighted by atomic mass is 32.1. The van der Waals surface area contributed by atoms with E-state index in [0.717, 1.165) is 22.5 Å². The standard InChI is InChI=1S/C23H26N4OS/c1-5-8-17-13-18(25-23(28)27(4)12-11-26(2)3)15-19(22(17)24)21-14-16-9-6-7-10-20(16)29-21/h6-10,13-15H,1,11-12,24H2,2-4H3,(H,25,28). The smallest absolute Gasteiger partial charge is 0.321 e. The van der Waals surface area contributed by atoms with E-state index in [1.807, 2.05) is 43.3 Å². The Morgan fingerprint density at radius 2 is 1.97 bits per heavy atom. The lowest BCUT2D eigenvalue weighted by Gasteiger charge is -2.21. The molecule has 150 valence electrons. The molecule has 0 bridgehead atoms. The third-order valence-electron chi connectivity index (χ3n) is 4.64. The predicted octanol–water partition coefficient (Wildman–Crippen LogP) is 4.97.